The molecule has 0 saturated heterocycles. The molecular weight excluding hydrogens is 378 g/mol. The molecule has 0 aliphatic carbocycles. The number of nitrogens with zero attached hydrogens (tertiary/aromatic N) is 2. The van der Waals surface area contributed by atoms with Gasteiger partial charge in [0.1, 0.15) is 6.61 Å². The molecule has 1 N–H and O–H groups in total. The summed E-state index contributed by atoms with van der Waals surface area (Å²) in [7, 11) is 3.29. The standard InChI is InChI=1S/C21H18ClN3O3/c1-25-12-11-23-20(25)21(26)24-17-9-10-18(19(14-17)27-2)28-13-3-4-15-5-7-16(22)8-6-15/h5-12,14H,13H2,1-2H3,(H,24,26). The Bertz CT molecular complexity index is 1030. The maximum Gasteiger partial charge on any atom is 0.291 e. The van der Waals surface area contributed by atoms with Gasteiger partial charge in [-0.05, 0) is 36.4 Å². The number of aryl methyl sites for hydroxylation is 1. The fourth-order valence-corrected chi connectivity index (χ4v) is 2.55. The summed E-state index contributed by atoms with van der Waals surface area (Å²) in [6, 6.07) is 12.4. The zero-order chi connectivity index (χ0) is 19.9. The summed E-state index contributed by atoms with van der Waals surface area (Å²) in [6.07, 6.45) is 3.27. The summed E-state index contributed by atoms with van der Waals surface area (Å²) in [5.41, 5.74) is 1.43. The van der Waals surface area contributed by atoms with Gasteiger partial charge in [0.15, 0.2) is 17.3 Å². The molecule has 28 heavy (non-hydrogen) atoms. The van der Waals surface area contributed by atoms with E-state index in [1.165, 1.54) is 7.11 Å². The van der Waals surface area contributed by atoms with Gasteiger partial charge >= 0.3 is 0 Å². The van der Waals surface area contributed by atoms with E-state index >= 15 is 0 Å². The van der Waals surface area contributed by atoms with Gasteiger partial charge in [-0.25, -0.2) is 4.98 Å². The van der Waals surface area contributed by atoms with Crippen LogP contribution in [0.1, 0.15) is 16.2 Å². The number of imidazole rings is 1. The van der Waals surface area contributed by atoms with Gasteiger partial charge in [-0.15, -0.1) is 0 Å². The van der Waals surface area contributed by atoms with E-state index < -0.39 is 0 Å². The zero-order valence-corrected chi connectivity index (χ0v) is 16.2. The Kier molecular flexibility index (Phi) is 6.20. The highest BCUT2D eigenvalue weighted by atomic mass is 35.5. The van der Waals surface area contributed by atoms with Gasteiger partial charge in [0.05, 0.1) is 7.11 Å². The lowest BCUT2D eigenvalue weighted by Crippen LogP contribution is -2.16. The molecule has 7 heteroatoms. The number of amides is 1. The van der Waals surface area contributed by atoms with E-state index in [1.54, 1.807) is 54.3 Å². The van der Waals surface area contributed by atoms with Crippen LogP contribution < -0.4 is 14.8 Å². The summed E-state index contributed by atoms with van der Waals surface area (Å²) in [6.45, 7) is 0.192. The SMILES string of the molecule is COc1cc(NC(=O)c2nccn2C)ccc1OCC#Cc1ccc(Cl)cc1. The Morgan fingerprint density at radius 3 is 2.68 bits per heavy atom. The van der Waals surface area contributed by atoms with E-state index in [9.17, 15) is 4.79 Å². The largest absolute Gasteiger partial charge is 0.493 e. The number of anilines is 1. The Balaban J connectivity index is 1.64. The third kappa shape index (κ3) is 4.84. The smallest absolute Gasteiger partial charge is 0.291 e. The van der Waals surface area contributed by atoms with Crippen molar-refractivity contribution in [3.05, 3.63) is 71.3 Å². The van der Waals surface area contributed by atoms with Crippen molar-refractivity contribution in [1.82, 2.24) is 9.55 Å². The highest BCUT2D eigenvalue weighted by molar-refractivity contribution is 6.30. The molecule has 2 aromatic carbocycles. The number of carbonyl (C=O) groups is 1. The Hall–Kier alpha value is -3.43. The first-order valence-electron chi connectivity index (χ1n) is 8.41. The van der Waals surface area contributed by atoms with Gasteiger partial charge in [0.25, 0.3) is 5.91 Å². The molecule has 0 radical (unpaired) electrons. The average Bonchev–Trinajstić information content (AvgIpc) is 3.13. The minimum atomic E-state index is -0.308. The second-order valence-electron chi connectivity index (χ2n) is 5.78. The third-order valence-electron chi connectivity index (χ3n) is 3.82. The molecule has 0 fully saturated rings. The monoisotopic (exact) mass is 395 g/mol. The number of carbonyl (C=O) groups excluding carboxylic acids is 1. The van der Waals surface area contributed by atoms with Gasteiger partial charge in [0, 0.05) is 41.8 Å². The van der Waals surface area contributed by atoms with Crippen molar-refractivity contribution in [3.63, 3.8) is 0 Å². The van der Waals surface area contributed by atoms with Crippen molar-refractivity contribution < 1.29 is 14.3 Å². The molecule has 0 bridgehead atoms. The third-order valence-corrected chi connectivity index (χ3v) is 4.07. The quantitative estimate of drug-likeness (QED) is 0.668. The van der Waals surface area contributed by atoms with E-state index in [-0.39, 0.29) is 12.5 Å². The van der Waals surface area contributed by atoms with Gasteiger partial charge in [-0.1, -0.05) is 23.4 Å². The van der Waals surface area contributed by atoms with E-state index in [0.29, 0.717) is 28.0 Å². The van der Waals surface area contributed by atoms with Crippen molar-refractivity contribution in [2.24, 2.45) is 7.05 Å². The second kappa shape index (κ2) is 8.98. The van der Waals surface area contributed by atoms with Gasteiger partial charge in [-0.3, -0.25) is 4.79 Å². The number of methoxy groups -OCH3 is 1. The van der Waals surface area contributed by atoms with Crippen LogP contribution in [-0.2, 0) is 7.05 Å². The van der Waals surface area contributed by atoms with Crippen LogP contribution in [0, 0.1) is 11.8 Å². The van der Waals surface area contributed by atoms with Crippen molar-refractivity contribution in [2.75, 3.05) is 19.0 Å². The number of rotatable bonds is 5. The molecule has 0 unspecified atom stereocenters. The molecule has 0 aliphatic rings. The normalized spacial score (nSPS) is 9.96. The van der Waals surface area contributed by atoms with E-state index in [1.807, 2.05) is 12.1 Å². The topological polar surface area (TPSA) is 65.4 Å². The summed E-state index contributed by atoms with van der Waals surface area (Å²) < 4.78 is 12.7. The molecule has 1 aromatic heterocycles. The summed E-state index contributed by atoms with van der Waals surface area (Å²) >= 11 is 5.85. The number of hydrogen-bond acceptors (Lipinski definition) is 4. The predicted octanol–water partition coefficient (Wildman–Crippen LogP) is 3.76. The van der Waals surface area contributed by atoms with Crippen LogP contribution in [0.2, 0.25) is 5.02 Å². The minimum Gasteiger partial charge on any atom is -0.493 e. The van der Waals surface area contributed by atoms with Crippen LogP contribution in [0.25, 0.3) is 0 Å². The number of aromatic nitrogens is 2. The maximum absolute atomic E-state index is 12.3. The lowest BCUT2D eigenvalue weighted by molar-refractivity contribution is 0.101. The molecular formula is C21H18ClN3O3. The minimum absolute atomic E-state index is 0.192. The van der Waals surface area contributed by atoms with E-state index in [4.69, 9.17) is 21.1 Å². The first-order valence-corrected chi connectivity index (χ1v) is 8.78. The fourth-order valence-electron chi connectivity index (χ4n) is 2.42. The van der Waals surface area contributed by atoms with Gasteiger partial charge < -0.3 is 19.4 Å². The molecule has 1 amide bonds. The van der Waals surface area contributed by atoms with Crippen LogP contribution in [0.5, 0.6) is 11.5 Å². The lowest BCUT2D eigenvalue weighted by atomic mass is 10.2. The molecule has 3 rings (SSSR count). The molecule has 6 nitrogen and oxygen atoms in total. The predicted molar refractivity (Wildman–Crippen MR) is 108 cm³/mol. The Labute approximate surface area is 168 Å². The van der Waals surface area contributed by atoms with Crippen LogP contribution >= 0.6 is 11.6 Å². The maximum atomic E-state index is 12.3. The van der Waals surface area contributed by atoms with E-state index in [2.05, 4.69) is 22.1 Å². The molecule has 0 aliphatic heterocycles. The van der Waals surface area contributed by atoms with Crippen molar-refractivity contribution >= 4 is 23.2 Å². The van der Waals surface area contributed by atoms with Crippen molar-refractivity contribution in [3.8, 4) is 23.3 Å². The summed E-state index contributed by atoms with van der Waals surface area (Å²) in [4.78, 5) is 16.3. The Morgan fingerprint density at radius 2 is 2.00 bits per heavy atom. The molecule has 0 saturated carbocycles. The number of hydrogen-bond donors (Lipinski definition) is 1. The van der Waals surface area contributed by atoms with Crippen LogP contribution in [-0.4, -0.2) is 29.2 Å². The van der Waals surface area contributed by atoms with Gasteiger partial charge in [0.2, 0.25) is 0 Å². The molecule has 0 spiro atoms. The number of ether oxygens (including phenoxy) is 2. The highest BCUT2D eigenvalue weighted by Gasteiger charge is 2.12. The molecule has 142 valence electrons. The molecule has 3 aromatic rings. The van der Waals surface area contributed by atoms with Crippen LogP contribution in [0.3, 0.4) is 0 Å². The molecule has 0 atom stereocenters. The second-order valence-corrected chi connectivity index (χ2v) is 6.22. The first-order chi connectivity index (χ1) is 13.6. The molecule has 1 heterocycles. The van der Waals surface area contributed by atoms with Gasteiger partial charge in [-0.2, -0.15) is 0 Å². The fraction of sp³-hybridized carbons (Fsp3) is 0.143. The Morgan fingerprint density at radius 1 is 1.21 bits per heavy atom. The highest BCUT2D eigenvalue weighted by Crippen LogP contribution is 2.30. The average molecular weight is 396 g/mol. The number of benzene rings is 2. The number of nitrogens with one attached hydrogen (secondary N) is 1. The van der Waals surface area contributed by atoms with Crippen molar-refractivity contribution in [2.45, 2.75) is 0 Å². The van der Waals surface area contributed by atoms with Crippen LogP contribution in [0.4, 0.5) is 5.69 Å². The lowest BCUT2D eigenvalue weighted by Gasteiger charge is -2.11. The van der Waals surface area contributed by atoms with Crippen LogP contribution in [0.15, 0.2) is 54.9 Å². The zero-order valence-electron chi connectivity index (χ0n) is 15.4. The summed E-state index contributed by atoms with van der Waals surface area (Å²) in [5, 5.41) is 3.45. The summed E-state index contributed by atoms with van der Waals surface area (Å²) in [5.74, 6) is 6.97. The van der Waals surface area contributed by atoms with Crippen molar-refractivity contribution in [1.29, 1.82) is 0 Å². The number of halogens is 1. The first kappa shape index (κ1) is 19.3. The van der Waals surface area contributed by atoms with E-state index in [0.717, 1.165) is 5.56 Å².